The summed E-state index contributed by atoms with van der Waals surface area (Å²) in [5.41, 5.74) is 0.678. The van der Waals surface area contributed by atoms with Gasteiger partial charge in [-0.1, -0.05) is 38.7 Å². The highest BCUT2D eigenvalue weighted by atomic mass is 16.6. The number of pyridine rings is 1. The second-order valence-corrected chi connectivity index (χ2v) is 9.61. The fourth-order valence-corrected chi connectivity index (χ4v) is 4.74. The summed E-state index contributed by atoms with van der Waals surface area (Å²) >= 11 is 0. The van der Waals surface area contributed by atoms with Crippen LogP contribution in [0, 0.1) is 0 Å². The third-order valence-corrected chi connectivity index (χ3v) is 6.10. The van der Waals surface area contributed by atoms with Gasteiger partial charge < -0.3 is 4.74 Å². The maximum atomic E-state index is 13.3. The summed E-state index contributed by atoms with van der Waals surface area (Å²) in [6, 6.07) is 4.72. The van der Waals surface area contributed by atoms with Crippen LogP contribution in [0.5, 0.6) is 0 Å². The molecule has 1 amide bonds. The van der Waals surface area contributed by atoms with Crippen molar-refractivity contribution in [2.45, 2.75) is 103 Å². The van der Waals surface area contributed by atoms with E-state index in [4.69, 9.17) is 9.72 Å². The molecule has 2 aliphatic rings. The highest BCUT2D eigenvalue weighted by Gasteiger charge is 2.36. The van der Waals surface area contributed by atoms with Crippen LogP contribution in [0.3, 0.4) is 0 Å². The fraction of sp³-hybridized carbons (Fsp3) is 0.750. The molecular weight excluding hydrogens is 362 g/mol. The number of hydrogen-bond donors (Lipinski definition) is 0. The molecule has 0 N–H and O–H groups in total. The zero-order valence-corrected chi connectivity index (χ0v) is 18.8. The van der Waals surface area contributed by atoms with Crippen molar-refractivity contribution in [3.05, 3.63) is 23.9 Å². The lowest BCUT2D eigenvalue weighted by atomic mass is 9.93. The Labute approximate surface area is 176 Å². The van der Waals surface area contributed by atoms with Crippen molar-refractivity contribution in [1.29, 1.82) is 0 Å². The summed E-state index contributed by atoms with van der Waals surface area (Å²) in [6.07, 6.45) is 12.0. The van der Waals surface area contributed by atoms with Crippen LogP contribution >= 0.6 is 0 Å². The lowest BCUT2D eigenvalue weighted by molar-refractivity contribution is 0.0555. The Bertz CT molecular complexity index is 664. The maximum Gasteiger partial charge on any atom is 0.416 e. The van der Waals surface area contributed by atoms with E-state index in [1.54, 1.807) is 0 Å². The molecule has 0 aromatic carbocycles. The molecule has 3 rings (SSSR count). The van der Waals surface area contributed by atoms with E-state index >= 15 is 0 Å². The Hall–Kier alpha value is -1.62. The third kappa shape index (κ3) is 5.71. The predicted octanol–water partition coefficient (Wildman–Crippen LogP) is 6.09. The molecule has 0 radical (unpaired) electrons. The number of ether oxygens (including phenoxy) is 1. The van der Waals surface area contributed by atoms with E-state index in [2.05, 4.69) is 17.9 Å². The molecule has 0 spiro atoms. The first-order valence-electron chi connectivity index (χ1n) is 11.6. The van der Waals surface area contributed by atoms with Crippen molar-refractivity contribution in [3.8, 4) is 0 Å². The quantitative estimate of drug-likeness (QED) is 0.578. The molecule has 0 unspecified atom stereocenters. The van der Waals surface area contributed by atoms with Crippen molar-refractivity contribution < 1.29 is 9.53 Å². The monoisotopic (exact) mass is 401 g/mol. The van der Waals surface area contributed by atoms with Crippen molar-refractivity contribution >= 4 is 11.9 Å². The van der Waals surface area contributed by atoms with E-state index in [1.807, 2.05) is 37.9 Å². The summed E-state index contributed by atoms with van der Waals surface area (Å²) in [6.45, 7) is 10.3. The summed E-state index contributed by atoms with van der Waals surface area (Å²) in [5.74, 6) is 0.821. The van der Waals surface area contributed by atoms with E-state index in [1.165, 1.54) is 31.2 Å². The summed E-state index contributed by atoms with van der Waals surface area (Å²) in [7, 11) is 0. The Balaban J connectivity index is 1.94. The predicted molar refractivity (Wildman–Crippen MR) is 118 cm³/mol. The number of amides is 1. The minimum atomic E-state index is -0.514. The molecule has 5 heteroatoms. The first kappa shape index (κ1) is 22.1. The lowest BCUT2D eigenvalue weighted by Gasteiger charge is -2.37. The average molecular weight is 402 g/mol. The average Bonchev–Trinajstić information content (AvgIpc) is 3.15. The fourth-order valence-electron chi connectivity index (χ4n) is 4.74. The number of carbonyl (C=O) groups excluding carboxylic acids is 1. The molecule has 29 heavy (non-hydrogen) atoms. The number of nitrogens with zero attached hydrogens (tertiary/aromatic N) is 3. The van der Waals surface area contributed by atoms with Crippen LogP contribution in [0.15, 0.2) is 18.3 Å². The molecule has 0 bridgehead atoms. The van der Waals surface area contributed by atoms with E-state index in [0.29, 0.717) is 6.04 Å². The minimum absolute atomic E-state index is 0.178. The van der Waals surface area contributed by atoms with Gasteiger partial charge in [0.2, 0.25) is 0 Å². The molecule has 1 aromatic heterocycles. The number of hydrogen-bond acceptors (Lipinski definition) is 4. The van der Waals surface area contributed by atoms with Crippen LogP contribution in [-0.2, 0) is 4.74 Å². The molecule has 2 heterocycles. The van der Waals surface area contributed by atoms with Crippen LogP contribution in [0.25, 0.3) is 0 Å². The third-order valence-electron chi connectivity index (χ3n) is 6.10. The second-order valence-electron chi connectivity index (χ2n) is 9.61. The van der Waals surface area contributed by atoms with E-state index in [-0.39, 0.29) is 12.1 Å². The molecule has 2 fully saturated rings. The smallest absolute Gasteiger partial charge is 0.416 e. The van der Waals surface area contributed by atoms with Crippen LogP contribution in [0.4, 0.5) is 10.6 Å². The highest BCUT2D eigenvalue weighted by Crippen LogP contribution is 2.38. The van der Waals surface area contributed by atoms with E-state index < -0.39 is 5.60 Å². The topological polar surface area (TPSA) is 45.7 Å². The molecule has 1 atom stereocenters. The van der Waals surface area contributed by atoms with Crippen LogP contribution in [0.2, 0.25) is 0 Å². The first-order valence-corrected chi connectivity index (χ1v) is 11.6. The molecule has 162 valence electrons. The summed E-state index contributed by atoms with van der Waals surface area (Å²) in [4.78, 5) is 22.6. The van der Waals surface area contributed by atoms with Crippen LogP contribution < -0.4 is 4.90 Å². The molecule has 1 aliphatic heterocycles. The number of carbonyl (C=O) groups is 1. The van der Waals surface area contributed by atoms with Gasteiger partial charge in [-0.05, 0) is 72.0 Å². The van der Waals surface area contributed by atoms with Crippen LogP contribution in [-0.4, -0.2) is 40.7 Å². The Kier molecular flexibility index (Phi) is 7.55. The zero-order chi connectivity index (χ0) is 20.9. The largest absolute Gasteiger partial charge is 0.443 e. The second kappa shape index (κ2) is 9.92. The van der Waals surface area contributed by atoms with Crippen molar-refractivity contribution in [2.24, 2.45) is 0 Å². The van der Waals surface area contributed by atoms with Crippen molar-refractivity contribution in [2.75, 3.05) is 18.0 Å². The summed E-state index contributed by atoms with van der Waals surface area (Å²) < 4.78 is 5.85. The van der Waals surface area contributed by atoms with Gasteiger partial charge in [0.25, 0.3) is 0 Å². The zero-order valence-electron chi connectivity index (χ0n) is 18.8. The molecular formula is C24H39N3O2. The lowest BCUT2D eigenvalue weighted by Crippen LogP contribution is -2.45. The first-order chi connectivity index (χ1) is 13.9. The van der Waals surface area contributed by atoms with Gasteiger partial charge in [0, 0.05) is 23.8 Å². The Morgan fingerprint density at radius 2 is 1.97 bits per heavy atom. The molecule has 5 nitrogen and oxygen atoms in total. The molecule has 1 aromatic rings. The normalized spacial score (nSPS) is 21.3. The van der Waals surface area contributed by atoms with Gasteiger partial charge in [-0.15, -0.1) is 0 Å². The number of unbranched alkanes of at least 4 members (excludes halogenated alkanes) is 1. The van der Waals surface area contributed by atoms with Crippen LogP contribution in [0.1, 0.15) is 97.1 Å². The van der Waals surface area contributed by atoms with E-state index in [0.717, 1.165) is 51.0 Å². The number of rotatable bonds is 6. The number of aromatic nitrogens is 1. The summed E-state index contributed by atoms with van der Waals surface area (Å²) in [5, 5.41) is 0. The minimum Gasteiger partial charge on any atom is -0.443 e. The number of likely N-dealkylation sites (tertiary alicyclic amines) is 1. The van der Waals surface area contributed by atoms with Gasteiger partial charge in [0.05, 0.1) is 0 Å². The number of anilines is 1. The van der Waals surface area contributed by atoms with Gasteiger partial charge >= 0.3 is 6.09 Å². The molecule has 1 aliphatic carbocycles. The van der Waals surface area contributed by atoms with Gasteiger partial charge in [-0.25, -0.2) is 9.78 Å². The molecule has 1 saturated carbocycles. The highest BCUT2D eigenvalue weighted by molar-refractivity contribution is 5.88. The van der Waals surface area contributed by atoms with Gasteiger partial charge in [0.1, 0.15) is 11.4 Å². The van der Waals surface area contributed by atoms with Crippen molar-refractivity contribution in [3.63, 3.8) is 0 Å². The maximum absolute atomic E-state index is 13.3. The van der Waals surface area contributed by atoms with Gasteiger partial charge in [-0.3, -0.25) is 9.80 Å². The van der Waals surface area contributed by atoms with Crippen molar-refractivity contribution in [1.82, 2.24) is 9.88 Å². The van der Waals surface area contributed by atoms with Gasteiger partial charge in [-0.2, -0.15) is 0 Å². The SMILES string of the molecule is CCCCN1CCC[C@H]1c1cccnc1N(C(=O)OC(C)(C)C)C1CCCCC1. The van der Waals surface area contributed by atoms with E-state index in [9.17, 15) is 4.79 Å². The Morgan fingerprint density at radius 3 is 2.66 bits per heavy atom. The Morgan fingerprint density at radius 1 is 1.21 bits per heavy atom. The van der Waals surface area contributed by atoms with Gasteiger partial charge in [0.15, 0.2) is 0 Å². The molecule has 1 saturated heterocycles. The standard InChI is InChI=1S/C24H39N3O2/c1-5-6-17-26-18-11-15-21(26)20-14-10-16-25-22(20)27(19-12-8-7-9-13-19)23(28)29-24(2,3)4/h10,14,16,19,21H,5-9,11-13,15,17-18H2,1-4H3/t21-/m0/s1.